The van der Waals surface area contributed by atoms with E-state index < -0.39 is 0 Å². The fourth-order valence-corrected chi connectivity index (χ4v) is 4.31. The van der Waals surface area contributed by atoms with Crippen molar-refractivity contribution in [3.8, 4) is 0 Å². The first-order valence-electron chi connectivity index (χ1n) is 11.3. The van der Waals surface area contributed by atoms with E-state index in [0.717, 1.165) is 66.0 Å². The molecule has 0 unspecified atom stereocenters. The first kappa shape index (κ1) is 23.0. The Balaban J connectivity index is 1.50. The zero-order valence-corrected chi connectivity index (χ0v) is 19.9. The molecule has 4 rings (SSSR count). The number of amides is 1. The van der Waals surface area contributed by atoms with Gasteiger partial charge >= 0.3 is 0 Å². The van der Waals surface area contributed by atoms with Gasteiger partial charge in [0, 0.05) is 55.0 Å². The Hall–Kier alpha value is -3.18. The fourth-order valence-electron chi connectivity index (χ4n) is 4.18. The maximum absolute atomic E-state index is 12.8. The zero-order chi connectivity index (χ0) is 23.2. The molecule has 0 N–H and O–H groups in total. The van der Waals surface area contributed by atoms with Gasteiger partial charge in [-0.1, -0.05) is 54.1 Å². The lowest BCUT2D eigenvalue weighted by Gasteiger charge is -2.26. The number of halogens is 1. The number of aryl methyl sites for hydroxylation is 2. The quantitative estimate of drug-likeness (QED) is 0.497. The predicted molar refractivity (Wildman–Crippen MR) is 135 cm³/mol. The summed E-state index contributed by atoms with van der Waals surface area (Å²) in [6, 6.07) is 17.8. The van der Waals surface area contributed by atoms with Crippen LogP contribution in [-0.2, 0) is 11.2 Å². The molecule has 1 aliphatic rings. The van der Waals surface area contributed by atoms with Gasteiger partial charge in [-0.3, -0.25) is 4.79 Å². The third kappa shape index (κ3) is 5.99. The lowest BCUT2D eigenvalue weighted by atomic mass is 10.0. The minimum absolute atomic E-state index is 0.0529. The van der Waals surface area contributed by atoms with Gasteiger partial charge < -0.3 is 9.80 Å². The standard InChI is InChI=1S/C27H29ClN4O/c1-20-25(19-23-9-12-24(28)13-10-23)27(30-21(2)29-20)32-16-6-15-31(17-18-32)26(33)14-11-22-7-4-3-5-8-22/h3-5,7-14H,6,15-19H2,1-2H3/b14-11+. The van der Waals surface area contributed by atoms with E-state index in [1.165, 1.54) is 5.56 Å². The minimum Gasteiger partial charge on any atom is -0.354 e. The normalized spacial score (nSPS) is 14.5. The van der Waals surface area contributed by atoms with Gasteiger partial charge in [0.05, 0.1) is 0 Å². The van der Waals surface area contributed by atoms with E-state index in [2.05, 4.69) is 9.88 Å². The topological polar surface area (TPSA) is 49.3 Å². The average Bonchev–Trinajstić information content (AvgIpc) is 3.07. The summed E-state index contributed by atoms with van der Waals surface area (Å²) in [5.74, 6) is 1.80. The molecule has 170 valence electrons. The Bertz CT molecular complexity index is 1130. The van der Waals surface area contributed by atoms with E-state index in [1.54, 1.807) is 6.08 Å². The van der Waals surface area contributed by atoms with E-state index in [1.807, 2.05) is 79.4 Å². The highest BCUT2D eigenvalue weighted by molar-refractivity contribution is 6.30. The highest BCUT2D eigenvalue weighted by Crippen LogP contribution is 2.26. The van der Waals surface area contributed by atoms with Crippen LogP contribution >= 0.6 is 11.6 Å². The summed E-state index contributed by atoms with van der Waals surface area (Å²) in [4.78, 5) is 26.5. The largest absolute Gasteiger partial charge is 0.354 e. The molecule has 1 aliphatic heterocycles. The number of anilines is 1. The van der Waals surface area contributed by atoms with Gasteiger partial charge in [-0.25, -0.2) is 9.97 Å². The van der Waals surface area contributed by atoms with Crippen LogP contribution in [0.4, 0.5) is 5.82 Å². The molecular formula is C27H29ClN4O. The predicted octanol–water partition coefficient (Wildman–Crippen LogP) is 5.09. The van der Waals surface area contributed by atoms with Crippen LogP contribution in [-0.4, -0.2) is 47.0 Å². The molecule has 1 aromatic heterocycles. The van der Waals surface area contributed by atoms with Crippen LogP contribution in [0.15, 0.2) is 60.7 Å². The van der Waals surface area contributed by atoms with Crippen LogP contribution in [0.1, 0.15) is 34.6 Å². The highest BCUT2D eigenvalue weighted by atomic mass is 35.5. The summed E-state index contributed by atoms with van der Waals surface area (Å²) in [6.45, 7) is 6.99. The molecule has 33 heavy (non-hydrogen) atoms. The molecule has 2 aromatic carbocycles. The van der Waals surface area contributed by atoms with E-state index in [4.69, 9.17) is 16.6 Å². The van der Waals surface area contributed by atoms with Gasteiger partial charge in [0.1, 0.15) is 11.6 Å². The fraction of sp³-hybridized carbons (Fsp3) is 0.296. The number of nitrogens with zero attached hydrogens (tertiary/aromatic N) is 4. The summed E-state index contributed by atoms with van der Waals surface area (Å²) in [7, 11) is 0. The van der Waals surface area contributed by atoms with Crippen molar-refractivity contribution in [3.63, 3.8) is 0 Å². The van der Waals surface area contributed by atoms with Crippen molar-refractivity contribution in [2.75, 3.05) is 31.1 Å². The smallest absolute Gasteiger partial charge is 0.246 e. The van der Waals surface area contributed by atoms with Gasteiger partial charge in [0.25, 0.3) is 0 Å². The van der Waals surface area contributed by atoms with Crippen molar-refractivity contribution in [2.24, 2.45) is 0 Å². The molecule has 0 spiro atoms. The molecule has 1 saturated heterocycles. The average molecular weight is 461 g/mol. The summed E-state index contributed by atoms with van der Waals surface area (Å²) in [5.41, 5.74) is 4.33. The van der Waals surface area contributed by atoms with Crippen molar-refractivity contribution < 1.29 is 4.79 Å². The first-order chi connectivity index (χ1) is 16.0. The third-order valence-electron chi connectivity index (χ3n) is 5.92. The van der Waals surface area contributed by atoms with Crippen molar-refractivity contribution in [1.82, 2.24) is 14.9 Å². The molecule has 5 nitrogen and oxygen atoms in total. The second-order valence-corrected chi connectivity index (χ2v) is 8.81. The number of hydrogen-bond donors (Lipinski definition) is 0. The van der Waals surface area contributed by atoms with Gasteiger partial charge in [-0.15, -0.1) is 0 Å². The Morgan fingerprint density at radius 3 is 2.48 bits per heavy atom. The summed E-state index contributed by atoms with van der Waals surface area (Å²) in [6.07, 6.45) is 5.20. The maximum Gasteiger partial charge on any atom is 0.246 e. The molecule has 0 atom stereocenters. The van der Waals surface area contributed by atoms with Crippen LogP contribution in [0.25, 0.3) is 6.08 Å². The lowest BCUT2D eigenvalue weighted by Crippen LogP contribution is -2.35. The molecule has 2 heterocycles. The molecule has 1 fully saturated rings. The number of carbonyl (C=O) groups excluding carboxylic acids is 1. The SMILES string of the molecule is Cc1nc(C)c(Cc2ccc(Cl)cc2)c(N2CCCN(C(=O)/C=C/c3ccccc3)CC2)n1. The van der Waals surface area contributed by atoms with Crippen molar-refractivity contribution >= 4 is 29.4 Å². The number of aromatic nitrogens is 2. The molecule has 0 saturated carbocycles. The first-order valence-corrected chi connectivity index (χ1v) is 11.7. The van der Waals surface area contributed by atoms with Gasteiger partial charge in [-0.2, -0.15) is 0 Å². The molecule has 0 radical (unpaired) electrons. The third-order valence-corrected chi connectivity index (χ3v) is 6.18. The number of hydrogen-bond acceptors (Lipinski definition) is 4. The molecule has 6 heteroatoms. The Kier molecular flexibility index (Phi) is 7.40. The van der Waals surface area contributed by atoms with Crippen LogP contribution in [0.2, 0.25) is 5.02 Å². The summed E-state index contributed by atoms with van der Waals surface area (Å²) >= 11 is 6.06. The number of rotatable bonds is 5. The van der Waals surface area contributed by atoms with Gasteiger partial charge in [0.15, 0.2) is 0 Å². The summed E-state index contributed by atoms with van der Waals surface area (Å²) in [5, 5.41) is 0.731. The number of carbonyl (C=O) groups is 1. The molecular weight excluding hydrogens is 432 g/mol. The lowest BCUT2D eigenvalue weighted by molar-refractivity contribution is -0.125. The van der Waals surface area contributed by atoms with Crippen LogP contribution in [0, 0.1) is 13.8 Å². The minimum atomic E-state index is 0.0529. The second-order valence-electron chi connectivity index (χ2n) is 8.37. The Morgan fingerprint density at radius 2 is 1.73 bits per heavy atom. The van der Waals surface area contributed by atoms with E-state index in [-0.39, 0.29) is 5.91 Å². The van der Waals surface area contributed by atoms with E-state index in [9.17, 15) is 4.79 Å². The van der Waals surface area contributed by atoms with Crippen LogP contribution in [0.5, 0.6) is 0 Å². The Labute approximate surface area is 200 Å². The molecule has 0 aliphatic carbocycles. The van der Waals surface area contributed by atoms with Crippen molar-refractivity contribution in [2.45, 2.75) is 26.7 Å². The second kappa shape index (κ2) is 10.6. The number of benzene rings is 2. The van der Waals surface area contributed by atoms with Crippen LogP contribution < -0.4 is 4.90 Å². The molecule has 3 aromatic rings. The van der Waals surface area contributed by atoms with Crippen LogP contribution in [0.3, 0.4) is 0 Å². The highest BCUT2D eigenvalue weighted by Gasteiger charge is 2.22. The maximum atomic E-state index is 12.8. The van der Waals surface area contributed by atoms with Gasteiger partial charge in [0.2, 0.25) is 5.91 Å². The summed E-state index contributed by atoms with van der Waals surface area (Å²) < 4.78 is 0. The van der Waals surface area contributed by atoms with Crippen molar-refractivity contribution in [1.29, 1.82) is 0 Å². The van der Waals surface area contributed by atoms with E-state index in [0.29, 0.717) is 6.54 Å². The Morgan fingerprint density at radius 1 is 0.970 bits per heavy atom. The molecule has 1 amide bonds. The molecule has 0 bridgehead atoms. The van der Waals surface area contributed by atoms with Crippen molar-refractivity contribution in [3.05, 3.63) is 93.9 Å². The van der Waals surface area contributed by atoms with Gasteiger partial charge in [-0.05, 0) is 49.6 Å². The monoisotopic (exact) mass is 460 g/mol. The van der Waals surface area contributed by atoms with E-state index >= 15 is 0 Å². The zero-order valence-electron chi connectivity index (χ0n) is 19.2.